The highest BCUT2D eigenvalue weighted by molar-refractivity contribution is 9.10. The molecule has 1 aromatic heterocycles. The highest BCUT2D eigenvalue weighted by atomic mass is 79.9. The van der Waals surface area contributed by atoms with Crippen LogP contribution in [0.1, 0.15) is 22.9 Å². The Labute approximate surface area is 142 Å². The average Bonchev–Trinajstić information content (AvgIpc) is 2.95. The van der Waals surface area contributed by atoms with E-state index >= 15 is 0 Å². The molecule has 2 aromatic carbocycles. The SMILES string of the molecule is COc1ccc2[nH]c3c(c2c1)CC[NH2+][C@@H]3c1cc(Br)ccc1O. The van der Waals surface area contributed by atoms with Gasteiger partial charge in [-0.15, -0.1) is 0 Å². The standard InChI is InChI=1S/C18H17BrN2O2/c1-23-11-3-4-15-13(9-11)12-6-7-20-17(18(12)21-15)14-8-10(19)2-5-16(14)22/h2-5,8-9,17,20-22H,6-7H2,1H3/p+1/t17-/m1/s1. The smallest absolute Gasteiger partial charge is 0.156 e. The topological polar surface area (TPSA) is 61.9 Å². The van der Waals surface area contributed by atoms with Gasteiger partial charge in [-0.25, -0.2) is 0 Å². The van der Waals surface area contributed by atoms with Gasteiger partial charge in [-0.3, -0.25) is 0 Å². The summed E-state index contributed by atoms with van der Waals surface area (Å²) >= 11 is 3.50. The highest BCUT2D eigenvalue weighted by Crippen LogP contribution is 2.36. The fraction of sp³-hybridized carbons (Fsp3) is 0.222. The van der Waals surface area contributed by atoms with Crippen LogP contribution in [0, 0.1) is 0 Å². The molecule has 0 radical (unpaired) electrons. The molecule has 4 rings (SSSR count). The first kappa shape index (κ1) is 14.6. The third-order valence-electron chi connectivity index (χ3n) is 4.58. The van der Waals surface area contributed by atoms with E-state index in [0.717, 1.165) is 34.3 Å². The lowest BCUT2D eigenvalue weighted by Crippen LogP contribution is -2.87. The number of aromatic nitrogens is 1. The number of quaternary nitrogens is 1. The molecule has 0 saturated heterocycles. The van der Waals surface area contributed by atoms with Gasteiger partial charge in [0.2, 0.25) is 0 Å². The maximum atomic E-state index is 10.3. The molecule has 23 heavy (non-hydrogen) atoms. The number of fused-ring (bicyclic) bond motifs is 3. The number of phenolic OH excluding ortho intramolecular Hbond substituents is 1. The zero-order valence-corrected chi connectivity index (χ0v) is 14.4. The van der Waals surface area contributed by atoms with Crippen LogP contribution >= 0.6 is 15.9 Å². The van der Waals surface area contributed by atoms with Gasteiger partial charge in [-0.05, 0) is 42.0 Å². The Kier molecular flexibility index (Phi) is 3.54. The first-order valence-corrected chi connectivity index (χ1v) is 8.47. The van der Waals surface area contributed by atoms with Crippen LogP contribution in [0.25, 0.3) is 10.9 Å². The van der Waals surface area contributed by atoms with Crippen molar-refractivity contribution >= 4 is 26.8 Å². The van der Waals surface area contributed by atoms with Crippen molar-refractivity contribution < 1.29 is 15.2 Å². The van der Waals surface area contributed by atoms with Crippen LogP contribution in [0.5, 0.6) is 11.5 Å². The lowest BCUT2D eigenvalue weighted by molar-refractivity contribution is -0.690. The number of H-pyrrole nitrogens is 1. The fourth-order valence-electron chi connectivity index (χ4n) is 3.48. The van der Waals surface area contributed by atoms with Crippen LogP contribution in [0.2, 0.25) is 0 Å². The minimum absolute atomic E-state index is 0.0784. The summed E-state index contributed by atoms with van der Waals surface area (Å²) in [7, 11) is 1.69. The largest absolute Gasteiger partial charge is 0.507 e. The first-order chi connectivity index (χ1) is 11.2. The molecule has 3 aromatic rings. The molecular weight excluding hydrogens is 356 g/mol. The van der Waals surface area contributed by atoms with Crippen LogP contribution in [-0.2, 0) is 6.42 Å². The lowest BCUT2D eigenvalue weighted by Gasteiger charge is -2.22. The predicted octanol–water partition coefficient (Wildman–Crippen LogP) is 2.85. The van der Waals surface area contributed by atoms with Crippen LogP contribution in [0.4, 0.5) is 0 Å². The van der Waals surface area contributed by atoms with Gasteiger partial charge in [-0.2, -0.15) is 0 Å². The third kappa shape index (κ3) is 2.40. The van der Waals surface area contributed by atoms with Crippen molar-refractivity contribution in [3.8, 4) is 11.5 Å². The molecular formula is C18H18BrN2O2+. The summed E-state index contributed by atoms with van der Waals surface area (Å²) in [4.78, 5) is 3.55. The molecule has 5 heteroatoms. The van der Waals surface area contributed by atoms with Crippen molar-refractivity contribution in [3.63, 3.8) is 0 Å². The quantitative estimate of drug-likeness (QED) is 0.646. The van der Waals surface area contributed by atoms with E-state index in [-0.39, 0.29) is 6.04 Å². The molecule has 1 aliphatic heterocycles. The van der Waals surface area contributed by atoms with Crippen molar-refractivity contribution in [3.05, 3.63) is 57.7 Å². The van der Waals surface area contributed by atoms with Gasteiger partial charge in [0, 0.05) is 21.8 Å². The molecule has 1 aliphatic rings. The van der Waals surface area contributed by atoms with Crippen LogP contribution in [0.15, 0.2) is 40.9 Å². The Morgan fingerprint density at radius 2 is 2.13 bits per heavy atom. The van der Waals surface area contributed by atoms with E-state index in [0.29, 0.717) is 5.75 Å². The Hall–Kier alpha value is -1.98. The van der Waals surface area contributed by atoms with E-state index in [4.69, 9.17) is 4.74 Å². The average molecular weight is 374 g/mol. The first-order valence-electron chi connectivity index (χ1n) is 7.67. The van der Waals surface area contributed by atoms with E-state index in [9.17, 15) is 5.11 Å². The summed E-state index contributed by atoms with van der Waals surface area (Å²) in [5.74, 6) is 1.20. The molecule has 118 valence electrons. The normalized spacial score (nSPS) is 17.2. The van der Waals surface area contributed by atoms with E-state index in [1.807, 2.05) is 18.2 Å². The summed E-state index contributed by atoms with van der Waals surface area (Å²) in [5, 5.41) is 13.8. The molecule has 0 aliphatic carbocycles. The molecule has 0 fully saturated rings. The van der Waals surface area contributed by atoms with E-state index in [1.165, 1.54) is 16.6 Å². The van der Waals surface area contributed by atoms with E-state index in [1.54, 1.807) is 13.2 Å². The van der Waals surface area contributed by atoms with Gasteiger partial charge in [0.1, 0.15) is 11.5 Å². The lowest BCUT2D eigenvalue weighted by atomic mass is 9.94. The third-order valence-corrected chi connectivity index (χ3v) is 5.07. The van der Waals surface area contributed by atoms with Crippen molar-refractivity contribution in [2.24, 2.45) is 0 Å². The van der Waals surface area contributed by atoms with Gasteiger partial charge >= 0.3 is 0 Å². The highest BCUT2D eigenvalue weighted by Gasteiger charge is 2.30. The summed E-state index contributed by atoms with van der Waals surface area (Å²) in [6.07, 6.45) is 1.01. The van der Waals surface area contributed by atoms with Crippen LogP contribution < -0.4 is 10.1 Å². The monoisotopic (exact) mass is 373 g/mol. The van der Waals surface area contributed by atoms with Crippen LogP contribution in [-0.4, -0.2) is 23.7 Å². The molecule has 2 heterocycles. The number of ether oxygens (including phenoxy) is 1. The Bertz CT molecular complexity index is 888. The molecule has 0 saturated carbocycles. The van der Waals surface area contributed by atoms with Crippen LogP contribution in [0.3, 0.4) is 0 Å². The number of methoxy groups -OCH3 is 1. The van der Waals surface area contributed by atoms with E-state index in [2.05, 4.69) is 38.4 Å². The van der Waals surface area contributed by atoms with Crippen molar-refractivity contribution in [2.75, 3.05) is 13.7 Å². The number of rotatable bonds is 2. The van der Waals surface area contributed by atoms with Gasteiger partial charge < -0.3 is 20.1 Å². The Balaban J connectivity index is 1.90. The number of aromatic hydroxyl groups is 1. The van der Waals surface area contributed by atoms with Crippen molar-refractivity contribution in [1.82, 2.24) is 4.98 Å². The van der Waals surface area contributed by atoms with Gasteiger partial charge in [-0.1, -0.05) is 15.9 Å². The minimum atomic E-state index is 0.0784. The zero-order valence-electron chi connectivity index (χ0n) is 12.8. The summed E-state index contributed by atoms with van der Waals surface area (Å²) in [5.41, 5.74) is 4.54. The van der Waals surface area contributed by atoms with E-state index < -0.39 is 0 Å². The molecule has 0 spiro atoms. The van der Waals surface area contributed by atoms with Gasteiger partial charge in [0.25, 0.3) is 0 Å². The molecule has 0 bridgehead atoms. The Morgan fingerprint density at radius 3 is 2.96 bits per heavy atom. The maximum absolute atomic E-state index is 10.3. The summed E-state index contributed by atoms with van der Waals surface area (Å²) < 4.78 is 6.34. The number of nitrogens with two attached hydrogens (primary N) is 1. The second-order valence-corrected chi connectivity index (χ2v) is 6.80. The molecule has 0 amide bonds. The molecule has 4 N–H and O–H groups in total. The predicted molar refractivity (Wildman–Crippen MR) is 93.0 cm³/mol. The van der Waals surface area contributed by atoms with Gasteiger partial charge in [0.05, 0.1) is 24.9 Å². The van der Waals surface area contributed by atoms with Crippen molar-refractivity contribution in [1.29, 1.82) is 0 Å². The molecule has 1 atom stereocenters. The number of aromatic amines is 1. The molecule has 4 nitrogen and oxygen atoms in total. The fourth-order valence-corrected chi connectivity index (χ4v) is 3.86. The second-order valence-electron chi connectivity index (χ2n) is 5.88. The zero-order chi connectivity index (χ0) is 16.0. The second kappa shape index (κ2) is 5.58. The summed E-state index contributed by atoms with van der Waals surface area (Å²) in [6, 6.07) is 11.8. The number of benzene rings is 2. The number of hydrogen-bond acceptors (Lipinski definition) is 2. The van der Waals surface area contributed by atoms with Crippen molar-refractivity contribution in [2.45, 2.75) is 12.5 Å². The Morgan fingerprint density at radius 1 is 1.26 bits per heavy atom. The maximum Gasteiger partial charge on any atom is 0.156 e. The number of nitrogens with one attached hydrogen (secondary N) is 1. The summed E-state index contributed by atoms with van der Waals surface area (Å²) in [6.45, 7) is 0.994. The van der Waals surface area contributed by atoms with Gasteiger partial charge in [0.15, 0.2) is 6.04 Å². The minimum Gasteiger partial charge on any atom is -0.507 e. The number of hydrogen-bond donors (Lipinski definition) is 3. The number of phenols is 1. The number of halogens is 1. The molecule has 0 unspecified atom stereocenters.